The molecular formula is C18H16F2N2O4S. The first-order valence-electron chi connectivity index (χ1n) is 7.77. The van der Waals surface area contributed by atoms with E-state index >= 15 is 0 Å². The number of amides is 2. The number of carbonyl (C=O) groups is 3. The standard InChI is InChI=1S/C18H16F2N2O4S/c19-12-5-7-13(8-6-12)21-17(24)10-27-11-18(25)26-9-16(23)22-15-4-2-1-3-14(15)20/h1-8H,9-11H2,(H,21,24)(H,22,23). The van der Waals surface area contributed by atoms with Crippen molar-refractivity contribution >= 4 is 40.9 Å². The molecule has 27 heavy (non-hydrogen) atoms. The van der Waals surface area contributed by atoms with Crippen LogP contribution in [0.15, 0.2) is 48.5 Å². The Bertz CT molecular complexity index is 815. The van der Waals surface area contributed by atoms with E-state index in [4.69, 9.17) is 4.74 Å². The van der Waals surface area contributed by atoms with E-state index in [2.05, 4.69) is 10.6 Å². The third kappa shape index (κ3) is 7.45. The van der Waals surface area contributed by atoms with Crippen molar-refractivity contribution in [2.75, 3.05) is 28.7 Å². The predicted molar refractivity (Wildman–Crippen MR) is 98.3 cm³/mol. The number of anilines is 2. The van der Waals surface area contributed by atoms with Gasteiger partial charge in [-0.1, -0.05) is 12.1 Å². The van der Waals surface area contributed by atoms with Gasteiger partial charge in [-0.25, -0.2) is 8.78 Å². The molecule has 0 heterocycles. The van der Waals surface area contributed by atoms with Gasteiger partial charge in [0.1, 0.15) is 11.6 Å². The molecular weight excluding hydrogens is 378 g/mol. The normalized spacial score (nSPS) is 10.1. The number of carbonyl (C=O) groups excluding carboxylic acids is 3. The Kier molecular flexibility index (Phi) is 7.75. The van der Waals surface area contributed by atoms with E-state index < -0.39 is 30.1 Å². The van der Waals surface area contributed by atoms with Crippen LogP contribution in [0, 0.1) is 11.6 Å². The molecule has 0 aliphatic heterocycles. The molecule has 0 atom stereocenters. The lowest BCUT2D eigenvalue weighted by Crippen LogP contribution is -2.22. The van der Waals surface area contributed by atoms with Crippen LogP contribution in [0.3, 0.4) is 0 Å². The summed E-state index contributed by atoms with van der Waals surface area (Å²) in [6, 6.07) is 10.9. The highest BCUT2D eigenvalue weighted by molar-refractivity contribution is 8.00. The molecule has 6 nitrogen and oxygen atoms in total. The van der Waals surface area contributed by atoms with Gasteiger partial charge in [-0.2, -0.15) is 0 Å². The second kappa shape index (κ2) is 10.3. The van der Waals surface area contributed by atoms with Crippen molar-refractivity contribution in [3.63, 3.8) is 0 Å². The summed E-state index contributed by atoms with van der Waals surface area (Å²) in [6.45, 7) is -0.560. The maximum absolute atomic E-state index is 13.4. The highest BCUT2D eigenvalue weighted by Gasteiger charge is 2.11. The number of para-hydroxylation sites is 1. The quantitative estimate of drug-likeness (QED) is 0.673. The lowest BCUT2D eigenvalue weighted by molar-refractivity contribution is -0.144. The molecule has 2 aromatic rings. The minimum atomic E-state index is -0.682. The minimum absolute atomic E-state index is 0.00890. The van der Waals surface area contributed by atoms with Gasteiger partial charge in [0, 0.05) is 5.69 Å². The van der Waals surface area contributed by atoms with Crippen LogP contribution >= 0.6 is 11.8 Å². The number of hydrogen-bond donors (Lipinski definition) is 2. The zero-order chi connectivity index (χ0) is 19.6. The Morgan fingerprint density at radius 1 is 0.889 bits per heavy atom. The molecule has 0 unspecified atom stereocenters. The lowest BCUT2D eigenvalue weighted by Gasteiger charge is -2.07. The second-order valence-electron chi connectivity index (χ2n) is 5.24. The predicted octanol–water partition coefficient (Wildman–Crippen LogP) is 2.82. The molecule has 0 spiro atoms. The number of rotatable bonds is 8. The first-order chi connectivity index (χ1) is 12.9. The molecule has 0 saturated heterocycles. The Hall–Kier alpha value is -2.94. The number of halogens is 2. The van der Waals surface area contributed by atoms with Gasteiger partial charge in [0.05, 0.1) is 17.2 Å². The van der Waals surface area contributed by atoms with E-state index in [9.17, 15) is 23.2 Å². The smallest absolute Gasteiger partial charge is 0.316 e. The van der Waals surface area contributed by atoms with Gasteiger partial charge in [0.2, 0.25) is 5.91 Å². The average Bonchev–Trinajstić information content (AvgIpc) is 2.64. The van der Waals surface area contributed by atoms with E-state index in [0.717, 1.165) is 11.8 Å². The van der Waals surface area contributed by atoms with Crippen molar-refractivity contribution < 1.29 is 27.9 Å². The summed E-state index contributed by atoms with van der Waals surface area (Å²) in [5.74, 6) is -2.89. The van der Waals surface area contributed by atoms with Gasteiger partial charge < -0.3 is 15.4 Å². The van der Waals surface area contributed by atoms with Crippen molar-refractivity contribution in [3.05, 3.63) is 60.2 Å². The van der Waals surface area contributed by atoms with Crippen LogP contribution in [0.2, 0.25) is 0 Å². The fraction of sp³-hybridized carbons (Fsp3) is 0.167. The van der Waals surface area contributed by atoms with Crippen molar-refractivity contribution in [1.29, 1.82) is 0 Å². The molecule has 2 aromatic carbocycles. The van der Waals surface area contributed by atoms with E-state index in [1.54, 1.807) is 6.07 Å². The third-order valence-corrected chi connectivity index (χ3v) is 4.00. The Morgan fingerprint density at radius 2 is 1.59 bits per heavy atom. The average molecular weight is 394 g/mol. The monoisotopic (exact) mass is 394 g/mol. The van der Waals surface area contributed by atoms with Crippen LogP contribution in [0.25, 0.3) is 0 Å². The zero-order valence-corrected chi connectivity index (χ0v) is 14.9. The molecule has 0 bridgehead atoms. The summed E-state index contributed by atoms with van der Waals surface area (Å²) in [7, 11) is 0. The van der Waals surface area contributed by atoms with E-state index in [1.807, 2.05) is 0 Å². The molecule has 142 valence electrons. The molecule has 9 heteroatoms. The molecule has 0 radical (unpaired) electrons. The maximum atomic E-state index is 13.4. The summed E-state index contributed by atoms with van der Waals surface area (Å²) in [6.07, 6.45) is 0. The zero-order valence-electron chi connectivity index (χ0n) is 14.0. The van der Waals surface area contributed by atoms with E-state index in [1.165, 1.54) is 42.5 Å². The van der Waals surface area contributed by atoms with Crippen LogP contribution in [-0.2, 0) is 19.1 Å². The number of thioether (sulfide) groups is 1. The van der Waals surface area contributed by atoms with Crippen molar-refractivity contribution in [2.24, 2.45) is 0 Å². The molecule has 0 aliphatic carbocycles. The highest BCUT2D eigenvalue weighted by Crippen LogP contribution is 2.12. The Balaban J connectivity index is 1.63. The van der Waals surface area contributed by atoms with E-state index in [0.29, 0.717) is 5.69 Å². The molecule has 2 N–H and O–H groups in total. The SMILES string of the molecule is O=C(CSCC(=O)OCC(=O)Nc1ccccc1F)Nc1ccc(F)cc1. The topological polar surface area (TPSA) is 84.5 Å². The van der Waals surface area contributed by atoms with E-state index in [-0.39, 0.29) is 23.1 Å². The highest BCUT2D eigenvalue weighted by atomic mass is 32.2. The van der Waals surface area contributed by atoms with Crippen molar-refractivity contribution in [2.45, 2.75) is 0 Å². The summed E-state index contributed by atoms with van der Waals surface area (Å²) in [5, 5.41) is 4.83. The van der Waals surface area contributed by atoms with Crippen molar-refractivity contribution in [1.82, 2.24) is 0 Å². The largest absolute Gasteiger partial charge is 0.455 e. The first kappa shape index (κ1) is 20.4. The molecule has 2 amide bonds. The first-order valence-corrected chi connectivity index (χ1v) is 8.92. The summed E-state index contributed by atoms with van der Waals surface area (Å²) in [4.78, 5) is 34.9. The fourth-order valence-electron chi connectivity index (χ4n) is 1.89. The molecule has 0 fully saturated rings. The number of nitrogens with one attached hydrogen (secondary N) is 2. The summed E-state index contributed by atoms with van der Waals surface area (Å²) in [5.41, 5.74) is 0.430. The molecule has 0 aliphatic rings. The Morgan fingerprint density at radius 3 is 2.30 bits per heavy atom. The number of hydrogen-bond acceptors (Lipinski definition) is 5. The van der Waals surface area contributed by atoms with Crippen LogP contribution in [0.5, 0.6) is 0 Å². The van der Waals surface area contributed by atoms with Crippen LogP contribution in [-0.4, -0.2) is 35.9 Å². The summed E-state index contributed by atoms with van der Waals surface area (Å²) < 4.78 is 30.9. The van der Waals surface area contributed by atoms with Crippen LogP contribution in [0.4, 0.5) is 20.2 Å². The molecule has 0 aromatic heterocycles. The number of ether oxygens (including phenoxy) is 1. The van der Waals surface area contributed by atoms with Crippen LogP contribution in [0.1, 0.15) is 0 Å². The third-order valence-electron chi connectivity index (χ3n) is 3.09. The minimum Gasteiger partial charge on any atom is -0.455 e. The molecule has 2 rings (SSSR count). The number of esters is 1. The van der Waals surface area contributed by atoms with Gasteiger partial charge >= 0.3 is 5.97 Å². The Labute approximate surface area is 158 Å². The van der Waals surface area contributed by atoms with Gasteiger partial charge in [-0.15, -0.1) is 11.8 Å². The fourth-order valence-corrected chi connectivity index (χ4v) is 2.50. The maximum Gasteiger partial charge on any atom is 0.316 e. The van der Waals surface area contributed by atoms with Gasteiger partial charge in [0.25, 0.3) is 5.91 Å². The van der Waals surface area contributed by atoms with Crippen LogP contribution < -0.4 is 10.6 Å². The lowest BCUT2D eigenvalue weighted by atomic mass is 10.3. The second-order valence-corrected chi connectivity index (χ2v) is 6.22. The van der Waals surface area contributed by atoms with Gasteiger partial charge in [0.15, 0.2) is 6.61 Å². The molecule has 0 saturated carbocycles. The number of benzene rings is 2. The summed E-state index contributed by atoms with van der Waals surface area (Å²) >= 11 is 0.998. The van der Waals surface area contributed by atoms with Crippen molar-refractivity contribution in [3.8, 4) is 0 Å². The van der Waals surface area contributed by atoms with Gasteiger partial charge in [-0.3, -0.25) is 14.4 Å². The van der Waals surface area contributed by atoms with Gasteiger partial charge in [-0.05, 0) is 36.4 Å².